The number of carbonyl (C=O) groups excluding carboxylic acids is 2. The van der Waals surface area contributed by atoms with E-state index in [1.54, 1.807) is 41.0 Å². The van der Waals surface area contributed by atoms with Crippen molar-refractivity contribution < 1.29 is 19.1 Å². The summed E-state index contributed by atoms with van der Waals surface area (Å²) in [6.07, 6.45) is 13.9. The van der Waals surface area contributed by atoms with Crippen LogP contribution < -0.4 is 5.73 Å². The van der Waals surface area contributed by atoms with Crippen molar-refractivity contribution >= 4 is 58.7 Å². The maximum Gasteiger partial charge on any atom is 0.410 e. The van der Waals surface area contributed by atoms with E-state index in [1.807, 2.05) is 112 Å². The van der Waals surface area contributed by atoms with Gasteiger partial charge in [-0.15, -0.1) is 0 Å². The molecule has 0 spiro atoms. The lowest BCUT2D eigenvalue weighted by atomic mass is 9.90. The number of pyridine rings is 2. The molecule has 2 amide bonds. The molecule has 0 bridgehead atoms. The van der Waals surface area contributed by atoms with Gasteiger partial charge in [0, 0.05) is 100 Å². The van der Waals surface area contributed by atoms with Crippen LogP contribution in [-0.4, -0.2) is 125 Å². The molecular formula is C55H64Cl2N14O4. The number of aromatic nitrogens is 6. The number of imidazole rings is 2. The molecule has 75 heavy (non-hydrogen) atoms. The monoisotopic (exact) mass is 1050 g/mol. The molecule has 6 aromatic rings. The van der Waals surface area contributed by atoms with Gasteiger partial charge in [-0.25, -0.2) is 19.6 Å². The van der Waals surface area contributed by atoms with Crippen LogP contribution in [0.5, 0.6) is 0 Å². The standard InChI is InChI=1S/C27H29ClN8O2.C27H31ClN6O2.CH4/c1-17(2)38-27(37)36-11-9-35(10-12-36)26-20-7-6-19(28)14-21(20)22(13-18-5-4-8-31-24(18)26)25(32-33-29)23-15-30-16-34(23)3;1-17(2)36-27(35)34-11-9-33(10-12-34)26-20-7-6-19(28)14-21(20)22(13-18-5-4-8-31-25(18)26)24(29)23-15-30-16-32(23)3;/h4-8,13-17,25-26H,9-12H2,1-3H3;4-8,13-17,24,26H,9-12,29H2,1-3H3;1H4/t25?,26-;24?,26-;/m00./s1. The molecule has 2 aromatic carbocycles. The molecule has 2 N–H and O–H groups in total. The third kappa shape index (κ3) is 11.6. The average Bonchev–Trinajstić information content (AvgIpc) is 3.96. The van der Waals surface area contributed by atoms with Crippen LogP contribution in [0.2, 0.25) is 10.0 Å². The first-order chi connectivity index (χ1) is 35.7. The normalized spacial score (nSPS) is 18.2. The maximum absolute atomic E-state index is 12.5. The Morgan fingerprint density at radius 2 is 1.12 bits per heavy atom. The molecule has 2 aliphatic carbocycles. The Bertz CT molecular complexity index is 3130. The molecule has 18 nitrogen and oxygen atoms in total. The summed E-state index contributed by atoms with van der Waals surface area (Å²) in [6.45, 7) is 12.4. The predicted molar refractivity (Wildman–Crippen MR) is 292 cm³/mol. The zero-order valence-electron chi connectivity index (χ0n) is 42.3. The number of benzene rings is 2. The van der Waals surface area contributed by atoms with Gasteiger partial charge >= 0.3 is 12.2 Å². The van der Waals surface area contributed by atoms with Crippen molar-refractivity contribution in [2.45, 2.75) is 71.5 Å². The molecule has 2 unspecified atom stereocenters. The van der Waals surface area contributed by atoms with Gasteiger partial charge in [-0.3, -0.25) is 19.8 Å². The molecule has 4 atom stereocenters. The van der Waals surface area contributed by atoms with Crippen molar-refractivity contribution in [1.29, 1.82) is 0 Å². The van der Waals surface area contributed by atoms with Gasteiger partial charge in [0.25, 0.3) is 0 Å². The van der Waals surface area contributed by atoms with Crippen LogP contribution >= 0.6 is 23.2 Å². The summed E-state index contributed by atoms with van der Waals surface area (Å²) in [7, 11) is 3.82. The molecule has 4 aliphatic rings. The maximum atomic E-state index is 12.5. The molecule has 0 radical (unpaired) electrons. The van der Waals surface area contributed by atoms with Gasteiger partial charge in [0.05, 0.1) is 72.0 Å². The largest absolute Gasteiger partial charge is 0.447 e. The summed E-state index contributed by atoms with van der Waals surface area (Å²) in [5, 5.41) is 5.43. The number of piperazine rings is 2. The van der Waals surface area contributed by atoms with Crippen LogP contribution in [0, 0.1) is 0 Å². The van der Waals surface area contributed by atoms with Crippen molar-refractivity contribution in [1.82, 2.24) is 48.7 Å². The SMILES string of the molecule is C.CC(C)OC(=O)N1CCN([C@H]2c3ccc(Cl)cc3C(C(N)c3cncn3C)=Cc3cccnc32)CC1.CC(C)OC(=O)N1CCN([C@H]2c3ccc(Cl)cc3C(C(N=[N+]=[N-])c3cncn3C)=Cc3cccnc32)CC1. The number of amides is 2. The first-order valence-electron chi connectivity index (χ1n) is 24.7. The van der Waals surface area contributed by atoms with Gasteiger partial charge in [0.1, 0.15) is 6.04 Å². The lowest BCUT2D eigenvalue weighted by Gasteiger charge is -2.39. The quantitative estimate of drug-likeness (QED) is 0.0820. The van der Waals surface area contributed by atoms with Gasteiger partial charge < -0.3 is 34.1 Å². The Kier molecular flexibility index (Phi) is 17.1. The molecule has 6 heterocycles. The highest BCUT2D eigenvalue weighted by Crippen LogP contribution is 2.46. The van der Waals surface area contributed by atoms with E-state index in [9.17, 15) is 15.1 Å². The minimum atomic E-state index is -0.626. The number of aryl methyl sites for hydroxylation is 2. The first-order valence-corrected chi connectivity index (χ1v) is 25.5. The van der Waals surface area contributed by atoms with Crippen molar-refractivity contribution in [3.63, 3.8) is 0 Å². The Morgan fingerprint density at radius 3 is 1.55 bits per heavy atom. The number of azide groups is 1. The zero-order chi connectivity index (χ0) is 52.2. The second kappa shape index (κ2) is 23.7. The second-order valence-electron chi connectivity index (χ2n) is 19.3. The molecule has 4 aromatic heterocycles. The van der Waals surface area contributed by atoms with Crippen molar-refractivity contribution in [3.8, 4) is 0 Å². The fourth-order valence-electron chi connectivity index (χ4n) is 10.3. The molecule has 20 heteroatoms. The predicted octanol–water partition coefficient (Wildman–Crippen LogP) is 10.5. The van der Waals surface area contributed by atoms with E-state index in [2.05, 4.69) is 48.0 Å². The molecule has 392 valence electrons. The summed E-state index contributed by atoms with van der Waals surface area (Å²) < 4.78 is 14.6. The number of nitrogens with two attached hydrogens (primary N) is 1. The number of fused-ring (bicyclic) bond motifs is 4. The number of halogens is 2. The highest BCUT2D eigenvalue weighted by atomic mass is 35.5. The van der Waals surface area contributed by atoms with E-state index in [0.717, 1.165) is 67.3 Å². The minimum Gasteiger partial charge on any atom is -0.447 e. The van der Waals surface area contributed by atoms with Crippen molar-refractivity contribution in [2.75, 3.05) is 52.4 Å². The number of rotatable bonds is 9. The van der Waals surface area contributed by atoms with Crippen molar-refractivity contribution in [3.05, 3.63) is 175 Å². The average molecular weight is 1060 g/mol. The molecule has 2 fully saturated rings. The lowest BCUT2D eigenvalue weighted by Crippen LogP contribution is -2.50. The summed E-state index contributed by atoms with van der Waals surface area (Å²) >= 11 is 13.1. The lowest BCUT2D eigenvalue weighted by molar-refractivity contribution is 0.0506. The van der Waals surface area contributed by atoms with E-state index in [-0.39, 0.29) is 43.9 Å². The van der Waals surface area contributed by atoms with E-state index >= 15 is 0 Å². The summed E-state index contributed by atoms with van der Waals surface area (Å²) in [6, 6.07) is 18.5. The highest BCUT2D eigenvalue weighted by Gasteiger charge is 2.38. The van der Waals surface area contributed by atoms with Gasteiger partial charge in [-0.05, 0) is 126 Å². The fourth-order valence-corrected chi connectivity index (χ4v) is 10.6. The fraction of sp³-hybridized carbons (Fsp3) is 0.382. The number of ether oxygens (including phenoxy) is 2. The van der Waals surface area contributed by atoms with Crippen LogP contribution in [-0.2, 0) is 23.6 Å². The summed E-state index contributed by atoms with van der Waals surface area (Å²) in [5.74, 6) is 0. The van der Waals surface area contributed by atoms with Gasteiger partial charge in [-0.1, -0.05) is 60.0 Å². The Balaban J connectivity index is 0.000000197. The highest BCUT2D eigenvalue weighted by molar-refractivity contribution is 6.31. The number of carbonyl (C=O) groups is 2. The number of hydrogen-bond acceptors (Lipinski definition) is 12. The smallest absolute Gasteiger partial charge is 0.410 e. The number of hydrogen-bond donors (Lipinski definition) is 1. The minimum absolute atomic E-state index is 0. The van der Waals surface area contributed by atoms with E-state index < -0.39 is 12.1 Å². The van der Waals surface area contributed by atoms with Crippen LogP contribution in [0.3, 0.4) is 0 Å². The van der Waals surface area contributed by atoms with Gasteiger partial charge in [0.15, 0.2) is 0 Å². The Hall–Kier alpha value is -7.05. The number of nitrogens with zero attached hydrogens (tertiary/aromatic N) is 13. The van der Waals surface area contributed by atoms with Crippen LogP contribution in [0.25, 0.3) is 33.7 Å². The molecular weight excluding hydrogens is 992 g/mol. The summed E-state index contributed by atoms with van der Waals surface area (Å²) in [4.78, 5) is 54.6. The van der Waals surface area contributed by atoms with E-state index in [0.29, 0.717) is 62.4 Å². The van der Waals surface area contributed by atoms with Gasteiger partial charge in [0.2, 0.25) is 0 Å². The third-order valence-corrected chi connectivity index (χ3v) is 14.2. The van der Waals surface area contributed by atoms with E-state index in [1.165, 1.54) is 0 Å². The zero-order valence-corrected chi connectivity index (χ0v) is 43.8. The van der Waals surface area contributed by atoms with Crippen LogP contribution in [0.1, 0.15) is 115 Å². The first kappa shape index (κ1) is 54.2. The Morgan fingerprint density at radius 1 is 0.680 bits per heavy atom. The van der Waals surface area contributed by atoms with Crippen molar-refractivity contribution in [2.24, 2.45) is 24.9 Å². The molecule has 0 saturated carbocycles. The molecule has 2 saturated heterocycles. The topological polar surface area (TPSA) is 202 Å². The third-order valence-electron chi connectivity index (χ3n) is 13.8. The molecule has 10 rings (SSSR count). The summed E-state index contributed by atoms with van der Waals surface area (Å²) in [5.41, 5.74) is 27.6. The van der Waals surface area contributed by atoms with Crippen LogP contribution in [0.4, 0.5) is 9.59 Å². The molecule has 2 aliphatic heterocycles. The second-order valence-corrected chi connectivity index (χ2v) is 20.2. The van der Waals surface area contributed by atoms with Gasteiger partial charge in [-0.2, -0.15) is 0 Å². The Labute approximate surface area is 448 Å². The van der Waals surface area contributed by atoms with Crippen LogP contribution in [0.15, 0.2) is 103 Å². The van der Waals surface area contributed by atoms with E-state index in [4.69, 9.17) is 48.4 Å².